The molecular weight excluding hydrogens is 362 g/mol. The summed E-state index contributed by atoms with van der Waals surface area (Å²) in [6.45, 7) is -0.589. The van der Waals surface area contributed by atoms with E-state index < -0.39 is 49.0 Å². The van der Waals surface area contributed by atoms with Crippen molar-refractivity contribution in [3.63, 3.8) is 0 Å². The van der Waals surface area contributed by atoms with Crippen LogP contribution in [-0.4, -0.2) is 56.7 Å². The van der Waals surface area contributed by atoms with Crippen LogP contribution in [-0.2, 0) is 0 Å². The molecule has 0 aromatic rings. The molecule has 0 aromatic heterocycles. The average Bonchev–Trinajstić information content (AvgIpc) is 2.33. The summed E-state index contributed by atoms with van der Waals surface area (Å²) < 4.78 is 152. The SMILES string of the molecule is C[NH+](C)CCC(F)C(F)(F)C(F)(F)C(F)(F)C(F)(F)C(F)(F)F. The Labute approximate surface area is 122 Å². The predicted octanol–water partition coefficient (Wildman–Crippen LogP) is 2.96. The lowest BCUT2D eigenvalue weighted by Crippen LogP contribution is -3.05. The lowest BCUT2D eigenvalue weighted by molar-refractivity contribution is -0.858. The van der Waals surface area contributed by atoms with E-state index in [9.17, 15) is 52.7 Å². The van der Waals surface area contributed by atoms with Gasteiger partial charge in [-0.25, -0.2) is 4.39 Å². The molecule has 0 aliphatic carbocycles. The van der Waals surface area contributed by atoms with E-state index in [-0.39, 0.29) is 4.90 Å². The van der Waals surface area contributed by atoms with Gasteiger partial charge in [-0.1, -0.05) is 0 Å². The second-order valence-electron chi connectivity index (χ2n) is 5.06. The van der Waals surface area contributed by atoms with Crippen LogP contribution < -0.4 is 4.90 Å². The largest absolute Gasteiger partial charge is 0.460 e. The Bertz CT molecular complexity index is 399. The van der Waals surface area contributed by atoms with Crippen LogP contribution in [0.2, 0.25) is 0 Å². The third-order valence-electron chi connectivity index (χ3n) is 2.85. The summed E-state index contributed by atoms with van der Waals surface area (Å²) in [7, 11) is 2.49. The zero-order chi connectivity index (χ0) is 19.1. The molecule has 0 bridgehead atoms. The molecule has 0 amide bonds. The van der Waals surface area contributed by atoms with E-state index in [4.69, 9.17) is 0 Å². The Morgan fingerprint density at radius 2 is 1.09 bits per heavy atom. The number of hydrogen-bond acceptors (Lipinski definition) is 0. The number of rotatable bonds is 7. The lowest BCUT2D eigenvalue weighted by atomic mass is 9.94. The summed E-state index contributed by atoms with van der Waals surface area (Å²) in [5.41, 5.74) is 0. The molecular formula is C10H12F12N+. The van der Waals surface area contributed by atoms with Crippen molar-refractivity contribution in [1.82, 2.24) is 0 Å². The molecule has 0 saturated heterocycles. The van der Waals surface area contributed by atoms with Gasteiger partial charge in [0.1, 0.15) is 0 Å². The first-order valence-electron chi connectivity index (χ1n) is 5.85. The van der Waals surface area contributed by atoms with Crippen molar-refractivity contribution < 1.29 is 57.6 Å². The zero-order valence-electron chi connectivity index (χ0n) is 11.5. The van der Waals surface area contributed by atoms with Crippen molar-refractivity contribution >= 4 is 0 Å². The summed E-state index contributed by atoms with van der Waals surface area (Å²) in [6.07, 6.45) is -12.8. The molecule has 1 N–H and O–H groups in total. The van der Waals surface area contributed by atoms with Gasteiger partial charge in [-0.15, -0.1) is 0 Å². The first kappa shape index (κ1) is 22.1. The topological polar surface area (TPSA) is 4.44 Å². The van der Waals surface area contributed by atoms with Crippen molar-refractivity contribution in [3.05, 3.63) is 0 Å². The van der Waals surface area contributed by atoms with Crippen LogP contribution in [0.5, 0.6) is 0 Å². The van der Waals surface area contributed by atoms with Gasteiger partial charge in [0.15, 0.2) is 6.17 Å². The Morgan fingerprint density at radius 3 is 1.39 bits per heavy atom. The van der Waals surface area contributed by atoms with Crippen LogP contribution in [0.15, 0.2) is 0 Å². The highest BCUT2D eigenvalue weighted by Crippen LogP contribution is 2.58. The van der Waals surface area contributed by atoms with Crippen LogP contribution in [0.3, 0.4) is 0 Å². The third-order valence-corrected chi connectivity index (χ3v) is 2.85. The van der Waals surface area contributed by atoms with E-state index in [0.717, 1.165) is 0 Å². The normalized spacial score (nSPS) is 16.8. The number of nitrogens with one attached hydrogen (secondary N) is 1. The average molecular weight is 374 g/mol. The van der Waals surface area contributed by atoms with Crippen molar-refractivity contribution in [3.8, 4) is 0 Å². The van der Waals surface area contributed by atoms with Crippen molar-refractivity contribution in [2.24, 2.45) is 0 Å². The highest BCUT2D eigenvalue weighted by molar-refractivity contribution is 5.08. The molecule has 140 valence electrons. The summed E-state index contributed by atoms with van der Waals surface area (Å²) in [5, 5.41) is 0. The van der Waals surface area contributed by atoms with Crippen molar-refractivity contribution in [2.45, 2.75) is 42.5 Å². The number of quaternary nitrogens is 1. The minimum absolute atomic E-state index is 0.221. The first-order chi connectivity index (χ1) is 9.84. The highest BCUT2D eigenvalue weighted by Gasteiger charge is 2.88. The molecule has 0 aliphatic rings. The molecule has 0 rings (SSSR count). The second kappa shape index (κ2) is 6.20. The number of alkyl halides is 12. The molecule has 0 heterocycles. The van der Waals surface area contributed by atoms with E-state index in [1.54, 1.807) is 0 Å². The van der Waals surface area contributed by atoms with Crippen LogP contribution in [0, 0.1) is 0 Å². The molecule has 1 unspecified atom stereocenters. The van der Waals surface area contributed by atoms with E-state index in [1.165, 1.54) is 14.1 Å². The van der Waals surface area contributed by atoms with Gasteiger partial charge in [-0.3, -0.25) is 0 Å². The number of halogens is 12. The first-order valence-corrected chi connectivity index (χ1v) is 5.85. The Hall–Kier alpha value is -0.880. The van der Waals surface area contributed by atoms with Gasteiger partial charge in [-0.05, 0) is 0 Å². The van der Waals surface area contributed by atoms with Gasteiger partial charge < -0.3 is 4.90 Å². The quantitative estimate of drug-likeness (QED) is 0.654. The van der Waals surface area contributed by atoms with Crippen LogP contribution >= 0.6 is 0 Å². The lowest BCUT2D eigenvalue weighted by Gasteiger charge is -2.38. The van der Waals surface area contributed by atoms with E-state index in [2.05, 4.69) is 0 Å². The number of hydrogen-bond donors (Lipinski definition) is 1. The Morgan fingerprint density at radius 1 is 0.696 bits per heavy atom. The summed E-state index contributed by atoms with van der Waals surface area (Å²) >= 11 is 0. The zero-order valence-corrected chi connectivity index (χ0v) is 11.5. The molecule has 13 heteroatoms. The molecule has 0 aliphatic heterocycles. The maximum atomic E-state index is 13.1. The monoisotopic (exact) mass is 374 g/mol. The van der Waals surface area contributed by atoms with E-state index >= 15 is 0 Å². The van der Waals surface area contributed by atoms with Gasteiger partial charge >= 0.3 is 29.9 Å². The smallest absolute Gasteiger partial charge is 0.340 e. The van der Waals surface area contributed by atoms with Crippen LogP contribution in [0.1, 0.15) is 6.42 Å². The standard InChI is InChI=1S/C10H11F12N/c1-23(2)4-3-5(11)6(12,13)7(14,15)8(16,17)9(18,19)10(20,21)22/h5H,3-4H2,1-2H3/p+1. The molecule has 1 nitrogen and oxygen atoms in total. The predicted molar refractivity (Wildman–Crippen MR) is 53.0 cm³/mol. The van der Waals surface area contributed by atoms with Gasteiger partial charge in [0.05, 0.1) is 20.6 Å². The van der Waals surface area contributed by atoms with Crippen molar-refractivity contribution in [2.75, 3.05) is 20.6 Å². The Balaban J connectivity index is 5.75. The van der Waals surface area contributed by atoms with Crippen molar-refractivity contribution in [1.29, 1.82) is 0 Å². The molecule has 0 spiro atoms. The highest BCUT2D eigenvalue weighted by atomic mass is 19.4. The molecule has 0 aromatic carbocycles. The molecule has 1 atom stereocenters. The fourth-order valence-electron chi connectivity index (χ4n) is 1.38. The molecule has 0 saturated carbocycles. The summed E-state index contributed by atoms with van der Waals surface area (Å²) in [4.78, 5) is 0.221. The third kappa shape index (κ3) is 3.63. The fraction of sp³-hybridized carbons (Fsp3) is 1.00. The van der Waals surface area contributed by atoms with Gasteiger partial charge in [0.2, 0.25) is 0 Å². The molecule has 0 radical (unpaired) electrons. The second-order valence-corrected chi connectivity index (χ2v) is 5.06. The maximum absolute atomic E-state index is 13.1. The van der Waals surface area contributed by atoms with Crippen LogP contribution in [0.4, 0.5) is 52.7 Å². The Kier molecular flexibility index (Phi) is 5.97. The minimum atomic E-state index is -7.56. The molecule has 23 heavy (non-hydrogen) atoms. The van der Waals surface area contributed by atoms with Crippen LogP contribution in [0.25, 0.3) is 0 Å². The maximum Gasteiger partial charge on any atom is 0.460 e. The van der Waals surface area contributed by atoms with E-state index in [1.807, 2.05) is 0 Å². The summed E-state index contributed by atoms with van der Waals surface area (Å²) in [6, 6.07) is 0. The fourth-order valence-corrected chi connectivity index (χ4v) is 1.38. The van der Waals surface area contributed by atoms with Gasteiger partial charge in [0, 0.05) is 6.42 Å². The van der Waals surface area contributed by atoms with Gasteiger partial charge in [-0.2, -0.15) is 48.3 Å². The van der Waals surface area contributed by atoms with E-state index in [0.29, 0.717) is 0 Å². The van der Waals surface area contributed by atoms with Gasteiger partial charge in [0.25, 0.3) is 0 Å². The molecule has 0 fully saturated rings. The minimum Gasteiger partial charge on any atom is -0.340 e. The summed E-state index contributed by atoms with van der Waals surface area (Å²) in [5.74, 6) is -28.8.